The molecule has 28 heavy (non-hydrogen) atoms. The molecule has 2 aromatic rings. The third-order valence-corrected chi connectivity index (χ3v) is 4.33. The fraction of sp³-hybridized carbons (Fsp3) is 0.381. The standard InChI is InChI=1S/C21H29N3O4/c1-22-21(24-14-16-8-6-7-9-17(16)25-2)23-13-12-15-10-11-18(26-3)20(28-5)19(15)27-4/h6-11H,12-14H2,1-5H3,(H2,22,23,24). The molecule has 0 bridgehead atoms. The van der Waals surface area contributed by atoms with Crippen LogP contribution in [0, 0.1) is 0 Å². The minimum Gasteiger partial charge on any atom is -0.496 e. The minimum absolute atomic E-state index is 0.598. The van der Waals surface area contributed by atoms with Gasteiger partial charge in [-0.05, 0) is 18.6 Å². The zero-order valence-corrected chi connectivity index (χ0v) is 17.2. The summed E-state index contributed by atoms with van der Waals surface area (Å²) in [7, 11) is 8.25. The molecule has 7 nitrogen and oxygen atoms in total. The molecule has 0 amide bonds. The van der Waals surface area contributed by atoms with E-state index in [0.29, 0.717) is 36.3 Å². The van der Waals surface area contributed by atoms with Gasteiger partial charge in [0, 0.05) is 31.3 Å². The van der Waals surface area contributed by atoms with Gasteiger partial charge in [0.15, 0.2) is 17.5 Å². The van der Waals surface area contributed by atoms with Gasteiger partial charge in [-0.15, -0.1) is 0 Å². The van der Waals surface area contributed by atoms with E-state index >= 15 is 0 Å². The number of para-hydroxylation sites is 1. The highest BCUT2D eigenvalue weighted by Gasteiger charge is 2.15. The van der Waals surface area contributed by atoms with Crippen LogP contribution >= 0.6 is 0 Å². The van der Waals surface area contributed by atoms with E-state index in [1.807, 2.05) is 36.4 Å². The number of methoxy groups -OCH3 is 4. The number of rotatable bonds is 9. The molecule has 0 saturated heterocycles. The highest BCUT2D eigenvalue weighted by Crippen LogP contribution is 2.39. The van der Waals surface area contributed by atoms with Crippen LogP contribution in [0.4, 0.5) is 0 Å². The second-order valence-corrected chi connectivity index (χ2v) is 5.91. The van der Waals surface area contributed by atoms with Gasteiger partial charge in [-0.25, -0.2) is 0 Å². The quantitative estimate of drug-likeness (QED) is 0.509. The van der Waals surface area contributed by atoms with Crippen LogP contribution in [0.5, 0.6) is 23.0 Å². The van der Waals surface area contributed by atoms with Gasteiger partial charge in [0.25, 0.3) is 0 Å². The summed E-state index contributed by atoms with van der Waals surface area (Å²) in [6.07, 6.45) is 0.735. The zero-order valence-electron chi connectivity index (χ0n) is 17.2. The molecule has 7 heteroatoms. The third-order valence-electron chi connectivity index (χ3n) is 4.33. The second-order valence-electron chi connectivity index (χ2n) is 5.91. The first-order valence-corrected chi connectivity index (χ1v) is 9.02. The van der Waals surface area contributed by atoms with Crippen molar-refractivity contribution in [2.45, 2.75) is 13.0 Å². The van der Waals surface area contributed by atoms with Crippen molar-refractivity contribution in [3.05, 3.63) is 47.5 Å². The lowest BCUT2D eigenvalue weighted by molar-refractivity contribution is 0.322. The van der Waals surface area contributed by atoms with Crippen molar-refractivity contribution in [2.24, 2.45) is 4.99 Å². The van der Waals surface area contributed by atoms with E-state index in [2.05, 4.69) is 15.6 Å². The molecule has 0 fully saturated rings. The van der Waals surface area contributed by atoms with Crippen LogP contribution in [0.2, 0.25) is 0 Å². The number of benzene rings is 2. The first-order chi connectivity index (χ1) is 13.7. The Morgan fingerprint density at radius 2 is 1.50 bits per heavy atom. The molecule has 2 aromatic carbocycles. The van der Waals surface area contributed by atoms with E-state index in [9.17, 15) is 0 Å². The number of nitrogens with one attached hydrogen (secondary N) is 2. The van der Waals surface area contributed by atoms with Gasteiger partial charge in [0.2, 0.25) is 5.75 Å². The van der Waals surface area contributed by atoms with Crippen LogP contribution in [0.3, 0.4) is 0 Å². The molecule has 0 aliphatic carbocycles. The number of nitrogens with zero attached hydrogens (tertiary/aromatic N) is 1. The van der Waals surface area contributed by atoms with Crippen molar-refractivity contribution in [1.82, 2.24) is 10.6 Å². The molecule has 0 aliphatic rings. The fourth-order valence-corrected chi connectivity index (χ4v) is 2.92. The average molecular weight is 387 g/mol. The predicted molar refractivity (Wildman–Crippen MR) is 111 cm³/mol. The minimum atomic E-state index is 0.598. The Kier molecular flexibility index (Phi) is 8.27. The number of hydrogen-bond donors (Lipinski definition) is 2. The Hall–Kier alpha value is -3.09. The average Bonchev–Trinajstić information content (AvgIpc) is 2.75. The lowest BCUT2D eigenvalue weighted by atomic mass is 10.1. The predicted octanol–water partition coefficient (Wildman–Crippen LogP) is 2.63. The fourth-order valence-electron chi connectivity index (χ4n) is 2.92. The van der Waals surface area contributed by atoms with Crippen LogP contribution < -0.4 is 29.6 Å². The third kappa shape index (κ3) is 5.22. The lowest BCUT2D eigenvalue weighted by Gasteiger charge is -2.17. The molecule has 0 atom stereocenters. The van der Waals surface area contributed by atoms with Crippen LogP contribution in [-0.2, 0) is 13.0 Å². The summed E-state index contributed by atoms with van der Waals surface area (Å²) < 4.78 is 21.7. The van der Waals surface area contributed by atoms with Crippen molar-refractivity contribution in [3.8, 4) is 23.0 Å². The van der Waals surface area contributed by atoms with Gasteiger partial charge in [0.05, 0.1) is 28.4 Å². The van der Waals surface area contributed by atoms with Gasteiger partial charge in [-0.3, -0.25) is 4.99 Å². The van der Waals surface area contributed by atoms with Gasteiger partial charge in [-0.2, -0.15) is 0 Å². The molecular formula is C21H29N3O4. The normalized spacial score (nSPS) is 11.0. The van der Waals surface area contributed by atoms with Gasteiger partial charge in [-0.1, -0.05) is 24.3 Å². The van der Waals surface area contributed by atoms with E-state index < -0.39 is 0 Å². The van der Waals surface area contributed by atoms with E-state index in [1.54, 1.807) is 35.5 Å². The summed E-state index contributed by atoms with van der Waals surface area (Å²) in [5, 5.41) is 6.61. The summed E-state index contributed by atoms with van der Waals surface area (Å²) in [4.78, 5) is 4.27. The Balaban J connectivity index is 1.96. The summed E-state index contributed by atoms with van der Waals surface area (Å²) in [5.74, 6) is 3.48. The van der Waals surface area contributed by atoms with E-state index in [0.717, 1.165) is 23.3 Å². The Morgan fingerprint density at radius 3 is 2.14 bits per heavy atom. The van der Waals surface area contributed by atoms with Crippen LogP contribution in [0.25, 0.3) is 0 Å². The van der Waals surface area contributed by atoms with Crippen molar-refractivity contribution in [3.63, 3.8) is 0 Å². The molecule has 152 valence electrons. The zero-order chi connectivity index (χ0) is 20.4. The molecular weight excluding hydrogens is 358 g/mol. The SMILES string of the molecule is CN=C(NCCc1ccc(OC)c(OC)c1OC)NCc1ccccc1OC. The Labute approximate surface area is 166 Å². The van der Waals surface area contributed by atoms with Crippen molar-refractivity contribution < 1.29 is 18.9 Å². The summed E-state index contributed by atoms with van der Waals surface area (Å²) in [6.45, 7) is 1.29. The molecule has 0 aliphatic heterocycles. The number of ether oxygens (including phenoxy) is 4. The van der Waals surface area contributed by atoms with Gasteiger partial charge in [0.1, 0.15) is 5.75 Å². The highest BCUT2D eigenvalue weighted by molar-refractivity contribution is 5.79. The second kappa shape index (κ2) is 10.9. The summed E-state index contributed by atoms with van der Waals surface area (Å²) in [6, 6.07) is 11.8. The van der Waals surface area contributed by atoms with E-state index in [1.165, 1.54) is 0 Å². The van der Waals surface area contributed by atoms with Crippen molar-refractivity contribution in [2.75, 3.05) is 42.0 Å². The smallest absolute Gasteiger partial charge is 0.203 e. The molecule has 2 N–H and O–H groups in total. The van der Waals surface area contributed by atoms with Gasteiger partial charge < -0.3 is 29.6 Å². The van der Waals surface area contributed by atoms with E-state index in [-0.39, 0.29) is 0 Å². The maximum absolute atomic E-state index is 5.53. The van der Waals surface area contributed by atoms with Crippen LogP contribution in [-0.4, -0.2) is 48.0 Å². The van der Waals surface area contributed by atoms with Crippen molar-refractivity contribution >= 4 is 5.96 Å². The maximum atomic E-state index is 5.53. The van der Waals surface area contributed by atoms with Gasteiger partial charge >= 0.3 is 0 Å². The Bertz CT molecular complexity index is 793. The topological polar surface area (TPSA) is 73.3 Å². The molecule has 0 radical (unpaired) electrons. The monoisotopic (exact) mass is 387 g/mol. The summed E-state index contributed by atoms with van der Waals surface area (Å²) >= 11 is 0. The van der Waals surface area contributed by atoms with E-state index in [4.69, 9.17) is 18.9 Å². The Morgan fingerprint density at radius 1 is 0.786 bits per heavy atom. The van der Waals surface area contributed by atoms with Crippen LogP contribution in [0.15, 0.2) is 41.4 Å². The van der Waals surface area contributed by atoms with Crippen LogP contribution in [0.1, 0.15) is 11.1 Å². The largest absolute Gasteiger partial charge is 0.496 e. The number of hydrogen-bond acceptors (Lipinski definition) is 5. The maximum Gasteiger partial charge on any atom is 0.203 e. The number of guanidine groups is 1. The lowest BCUT2D eigenvalue weighted by Crippen LogP contribution is -2.37. The first kappa shape index (κ1) is 21.2. The molecule has 0 saturated carbocycles. The highest BCUT2D eigenvalue weighted by atomic mass is 16.5. The molecule has 0 unspecified atom stereocenters. The van der Waals surface area contributed by atoms with Crippen molar-refractivity contribution in [1.29, 1.82) is 0 Å². The number of aliphatic imine (C=N–C) groups is 1. The molecule has 2 rings (SSSR count). The molecule has 0 heterocycles. The summed E-state index contributed by atoms with van der Waals surface area (Å²) in [5.41, 5.74) is 2.09. The molecule has 0 spiro atoms. The first-order valence-electron chi connectivity index (χ1n) is 9.02. The molecule has 0 aromatic heterocycles.